The fraction of sp³-hybridized carbons (Fsp3) is 0.474. The monoisotopic (exact) mass is 358 g/mol. The van der Waals surface area contributed by atoms with Crippen molar-refractivity contribution in [2.24, 2.45) is 11.8 Å². The van der Waals surface area contributed by atoms with Crippen LogP contribution in [0.2, 0.25) is 0 Å². The molecule has 126 valence electrons. The fourth-order valence-corrected chi connectivity index (χ4v) is 5.04. The lowest BCUT2D eigenvalue weighted by Gasteiger charge is -2.25. The summed E-state index contributed by atoms with van der Waals surface area (Å²) < 4.78 is 0. The Labute approximate surface area is 152 Å². The van der Waals surface area contributed by atoms with Gasteiger partial charge in [0, 0.05) is 16.5 Å². The predicted molar refractivity (Wildman–Crippen MR) is 101 cm³/mol. The minimum absolute atomic E-state index is 0.111. The molecule has 0 unspecified atom stereocenters. The van der Waals surface area contributed by atoms with Crippen molar-refractivity contribution in [1.29, 1.82) is 0 Å². The highest BCUT2D eigenvalue weighted by molar-refractivity contribution is 7.80. The van der Waals surface area contributed by atoms with E-state index in [1.165, 1.54) is 43.4 Å². The number of carbonyl (C=O) groups excluding carboxylic acids is 1. The molecule has 0 bridgehead atoms. The molecular formula is C19H22N2OS2. The number of hydrogen-bond donors (Lipinski definition) is 2. The van der Waals surface area contributed by atoms with E-state index in [1.807, 2.05) is 17.5 Å². The zero-order valence-corrected chi connectivity index (χ0v) is 15.3. The summed E-state index contributed by atoms with van der Waals surface area (Å²) in [5, 5.41) is 5.64. The van der Waals surface area contributed by atoms with Gasteiger partial charge < -0.3 is 5.32 Å². The molecule has 1 heterocycles. The predicted octanol–water partition coefficient (Wildman–Crippen LogP) is 4.91. The molecule has 2 aromatic rings. The largest absolute Gasteiger partial charge is 0.301 e. The molecule has 2 fully saturated rings. The summed E-state index contributed by atoms with van der Waals surface area (Å²) in [5.41, 5.74) is 0.750. The van der Waals surface area contributed by atoms with Crippen LogP contribution in [-0.4, -0.2) is 10.9 Å². The lowest BCUT2D eigenvalue weighted by molar-refractivity contribution is -0.119. The van der Waals surface area contributed by atoms with Crippen LogP contribution in [0.25, 0.3) is 0 Å². The molecule has 1 N–H and O–H groups in total. The van der Waals surface area contributed by atoms with E-state index in [2.05, 4.69) is 35.1 Å². The highest BCUT2D eigenvalue weighted by atomic mass is 32.1. The van der Waals surface area contributed by atoms with Crippen molar-refractivity contribution in [3.8, 4) is 0 Å². The number of hydrogen-bond acceptors (Lipinski definition) is 4. The van der Waals surface area contributed by atoms with Crippen LogP contribution in [0.5, 0.6) is 0 Å². The van der Waals surface area contributed by atoms with Crippen LogP contribution in [0.1, 0.15) is 44.1 Å². The van der Waals surface area contributed by atoms with Crippen LogP contribution in [0.4, 0.5) is 5.13 Å². The van der Waals surface area contributed by atoms with Crippen LogP contribution < -0.4 is 5.32 Å². The van der Waals surface area contributed by atoms with Crippen LogP contribution in [0.3, 0.4) is 0 Å². The molecule has 2 atom stereocenters. The second kappa shape index (κ2) is 6.52. The van der Waals surface area contributed by atoms with Crippen LogP contribution in [0, 0.1) is 11.8 Å². The van der Waals surface area contributed by atoms with Crippen molar-refractivity contribution in [3.05, 3.63) is 41.4 Å². The van der Waals surface area contributed by atoms with Crippen molar-refractivity contribution in [2.75, 3.05) is 5.32 Å². The van der Waals surface area contributed by atoms with Crippen molar-refractivity contribution in [2.45, 2.75) is 48.8 Å². The molecule has 0 saturated heterocycles. The molecule has 1 amide bonds. The molecule has 0 spiro atoms. The number of thiol groups is 1. The van der Waals surface area contributed by atoms with Crippen molar-refractivity contribution in [3.63, 3.8) is 0 Å². The Hall–Kier alpha value is -1.33. The molecule has 1 aromatic carbocycles. The van der Waals surface area contributed by atoms with Crippen molar-refractivity contribution >= 4 is 35.0 Å². The van der Waals surface area contributed by atoms with Crippen molar-refractivity contribution in [1.82, 2.24) is 4.98 Å². The number of thiazole rings is 1. The van der Waals surface area contributed by atoms with Crippen molar-refractivity contribution < 1.29 is 4.79 Å². The first-order chi connectivity index (χ1) is 11.7. The third-order valence-corrected chi connectivity index (χ3v) is 6.66. The zero-order valence-electron chi connectivity index (χ0n) is 13.6. The third-order valence-electron chi connectivity index (χ3n) is 5.67. The maximum atomic E-state index is 13.2. The summed E-state index contributed by atoms with van der Waals surface area (Å²) in [5.74, 6) is 1.25. The molecule has 0 radical (unpaired) electrons. The molecule has 4 rings (SSSR count). The highest BCUT2D eigenvalue weighted by Gasteiger charge is 2.63. The minimum Gasteiger partial charge on any atom is -0.301 e. The molecule has 3 nitrogen and oxygen atoms in total. The topological polar surface area (TPSA) is 42.0 Å². The van der Waals surface area contributed by atoms with E-state index in [-0.39, 0.29) is 11.3 Å². The van der Waals surface area contributed by atoms with E-state index in [1.54, 1.807) is 6.20 Å². The normalized spacial score (nSPS) is 27.0. The summed E-state index contributed by atoms with van der Waals surface area (Å²) in [6.45, 7) is 0. The molecule has 5 heteroatoms. The third kappa shape index (κ3) is 2.88. The van der Waals surface area contributed by atoms with E-state index < -0.39 is 0 Å². The summed E-state index contributed by atoms with van der Waals surface area (Å²) in [4.78, 5) is 18.3. The number of nitrogens with zero attached hydrogens (tertiary/aromatic N) is 1. The Bertz CT molecular complexity index is 707. The van der Waals surface area contributed by atoms with Gasteiger partial charge in [0.2, 0.25) is 5.91 Å². The Morgan fingerprint density at radius 2 is 1.96 bits per heavy atom. The van der Waals surface area contributed by atoms with E-state index in [4.69, 9.17) is 0 Å². The van der Waals surface area contributed by atoms with E-state index >= 15 is 0 Å². The Morgan fingerprint density at radius 1 is 1.21 bits per heavy atom. The van der Waals surface area contributed by atoms with E-state index in [0.29, 0.717) is 17.0 Å². The van der Waals surface area contributed by atoms with Gasteiger partial charge in [-0.05, 0) is 36.0 Å². The smallest absolute Gasteiger partial charge is 0.237 e. The lowest BCUT2D eigenvalue weighted by atomic mass is 9.80. The summed E-state index contributed by atoms with van der Waals surface area (Å²) in [6.07, 6.45) is 9.18. The lowest BCUT2D eigenvalue weighted by Crippen LogP contribution is -2.32. The minimum atomic E-state index is -0.380. The van der Waals surface area contributed by atoms with Crippen LogP contribution in [0.15, 0.2) is 40.7 Å². The van der Waals surface area contributed by atoms with Crippen LogP contribution >= 0.6 is 24.0 Å². The molecule has 2 aliphatic rings. The maximum Gasteiger partial charge on any atom is 0.237 e. The van der Waals surface area contributed by atoms with Gasteiger partial charge >= 0.3 is 0 Å². The molecule has 0 aliphatic heterocycles. The van der Waals surface area contributed by atoms with Gasteiger partial charge in [0.05, 0.1) is 5.41 Å². The van der Waals surface area contributed by atoms with Gasteiger partial charge in [0.1, 0.15) is 0 Å². The summed E-state index contributed by atoms with van der Waals surface area (Å²) in [6, 6.07) is 8.14. The number of benzene rings is 1. The molecule has 1 aromatic heterocycles. The van der Waals surface area contributed by atoms with Crippen LogP contribution in [-0.2, 0) is 10.2 Å². The number of anilines is 1. The number of amides is 1. The van der Waals surface area contributed by atoms with Gasteiger partial charge in [0.15, 0.2) is 5.13 Å². The Balaban J connectivity index is 1.63. The number of nitrogens with one attached hydrogen (secondary N) is 1. The maximum absolute atomic E-state index is 13.2. The van der Waals surface area contributed by atoms with Gasteiger partial charge in [0.25, 0.3) is 0 Å². The van der Waals surface area contributed by atoms with Gasteiger partial charge in [-0.15, -0.1) is 24.0 Å². The number of rotatable bonds is 4. The average molecular weight is 359 g/mol. The average Bonchev–Trinajstić information content (AvgIpc) is 3.17. The van der Waals surface area contributed by atoms with E-state index in [9.17, 15) is 4.79 Å². The van der Waals surface area contributed by atoms with Gasteiger partial charge in [-0.3, -0.25) is 4.79 Å². The Morgan fingerprint density at radius 3 is 2.62 bits per heavy atom. The number of aromatic nitrogens is 1. The molecule has 24 heavy (non-hydrogen) atoms. The standard InChI is InChI=1S/C19H22N2OS2/c22-17(21-18-20-10-11-24-18)19(14-6-8-15(23)9-7-14)12-16(19)13-4-2-1-3-5-13/h6-11,13,16,23H,1-5,12H2,(H,20,21,22)/t16-,19-/m0/s1. The summed E-state index contributed by atoms with van der Waals surface area (Å²) >= 11 is 5.86. The second-order valence-electron chi connectivity index (χ2n) is 7.02. The van der Waals surface area contributed by atoms with Gasteiger partial charge in [-0.25, -0.2) is 4.98 Å². The van der Waals surface area contributed by atoms with Gasteiger partial charge in [-0.2, -0.15) is 0 Å². The van der Waals surface area contributed by atoms with Gasteiger partial charge in [-0.1, -0.05) is 44.2 Å². The first-order valence-electron chi connectivity index (χ1n) is 8.70. The molecular weight excluding hydrogens is 336 g/mol. The Kier molecular flexibility index (Phi) is 4.39. The molecule has 2 aliphatic carbocycles. The first-order valence-corrected chi connectivity index (χ1v) is 10.0. The number of carbonyl (C=O) groups is 1. The fourth-order valence-electron chi connectivity index (χ4n) is 4.37. The summed E-state index contributed by atoms with van der Waals surface area (Å²) in [7, 11) is 0. The second-order valence-corrected chi connectivity index (χ2v) is 8.43. The zero-order chi connectivity index (χ0) is 16.6. The quantitative estimate of drug-likeness (QED) is 0.763. The SMILES string of the molecule is O=C(Nc1nccs1)[C@]1(c2ccc(S)cc2)C[C@H]1C1CCCCC1. The first kappa shape index (κ1) is 16.2. The highest BCUT2D eigenvalue weighted by Crippen LogP contribution is 2.61. The molecule has 2 saturated carbocycles. The van der Waals surface area contributed by atoms with E-state index in [0.717, 1.165) is 16.9 Å².